The Bertz CT molecular complexity index is 346. The summed E-state index contributed by atoms with van der Waals surface area (Å²) < 4.78 is 12.8. The van der Waals surface area contributed by atoms with E-state index in [1.165, 1.54) is 12.1 Å². The summed E-state index contributed by atoms with van der Waals surface area (Å²) in [5.41, 5.74) is 0.863. The maximum atomic E-state index is 12.8. The summed E-state index contributed by atoms with van der Waals surface area (Å²) in [4.78, 5) is 11.5. The Labute approximate surface area is 110 Å². The summed E-state index contributed by atoms with van der Waals surface area (Å²) in [6.07, 6.45) is 0. The van der Waals surface area contributed by atoms with Crippen molar-refractivity contribution in [3.8, 4) is 0 Å². The molecule has 3 heteroatoms. The van der Waals surface area contributed by atoms with Crippen molar-refractivity contribution in [2.45, 2.75) is 46.6 Å². The Morgan fingerprint density at radius 2 is 1.72 bits per heavy atom. The van der Waals surface area contributed by atoms with Crippen LogP contribution in [0.3, 0.4) is 0 Å². The first-order chi connectivity index (χ1) is 8.50. The quantitative estimate of drug-likeness (QED) is 0.870. The lowest BCUT2D eigenvalue weighted by Gasteiger charge is -2.17. The lowest BCUT2D eigenvalue weighted by Crippen LogP contribution is -2.30. The van der Waals surface area contributed by atoms with E-state index < -0.39 is 0 Å². The van der Waals surface area contributed by atoms with Gasteiger partial charge in [-0.2, -0.15) is 0 Å². The highest BCUT2D eigenvalue weighted by Gasteiger charge is 2.16. The van der Waals surface area contributed by atoms with Gasteiger partial charge in [-0.1, -0.05) is 39.8 Å². The average Bonchev–Trinajstić information content (AvgIpc) is 2.33. The Balaban J connectivity index is 0.00000137. The summed E-state index contributed by atoms with van der Waals surface area (Å²) in [5, 5.41) is 3.23. The van der Waals surface area contributed by atoms with E-state index in [4.69, 9.17) is 0 Å². The number of ketones is 1. The lowest BCUT2D eigenvalue weighted by atomic mass is 9.95. The molecule has 0 aliphatic carbocycles. The molecule has 0 aliphatic heterocycles. The maximum absolute atomic E-state index is 12.8. The first kappa shape index (κ1) is 16.8. The van der Waals surface area contributed by atoms with Crippen LogP contribution in [-0.4, -0.2) is 18.4 Å². The highest BCUT2D eigenvalue weighted by Crippen LogP contribution is 2.16. The van der Waals surface area contributed by atoms with Gasteiger partial charge in [-0.05, 0) is 24.6 Å². The summed E-state index contributed by atoms with van der Waals surface area (Å²) in [5.74, 6) is -0.370. The molecule has 1 unspecified atom stereocenters. The van der Waals surface area contributed by atoms with Gasteiger partial charge in [-0.15, -0.1) is 0 Å². The van der Waals surface area contributed by atoms with Crippen LogP contribution >= 0.6 is 0 Å². The smallest absolute Gasteiger partial charge is 0.138 e. The number of Topliss-reactive ketones (excluding diaryl/α,β-unsaturated/α-hetero) is 1. The summed E-state index contributed by atoms with van der Waals surface area (Å²) in [6, 6.07) is 6.45. The van der Waals surface area contributed by atoms with Crippen LogP contribution in [0.4, 0.5) is 4.39 Å². The molecule has 1 atom stereocenters. The number of carbonyl (C=O) groups is 1. The van der Waals surface area contributed by atoms with Gasteiger partial charge >= 0.3 is 0 Å². The minimum absolute atomic E-state index is 0.0970. The zero-order valence-electron chi connectivity index (χ0n) is 12.0. The van der Waals surface area contributed by atoms with Gasteiger partial charge in [-0.25, -0.2) is 4.39 Å². The number of halogens is 1. The molecule has 2 nitrogen and oxygen atoms in total. The molecule has 0 spiro atoms. The fourth-order valence-electron chi connectivity index (χ4n) is 1.54. The van der Waals surface area contributed by atoms with Crippen LogP contribution in [0.2, 0.25) is 0 Å². The highest BCUT2D eigenvalue weighted by molar-refractivity contribution is 5.83. The molecule has 0 bridgehead atoms. The molecule has 0 amide bonds. The Morgan fingerprint density at radius 3 is 2.11 bits per heavy atom. The van der Waals surface area contributed by atoms with E-state index >= 15 is 0 Å². The molecule has 0 radical (unpaired) electrons. The molecular formula is C15H24FNO. The van der Waals surface area contributed by atoms with Crippen molar-refractivity contribution in [1.82, 2.24) is 5.32 Å². The van der Waals surface area contributed by atoms with E-state index in [0.29, 0.717) is 12.6 Å². The van der Waals surface area contributed by atoms with E-state index in [0.717, 1.165) is 5.56 Å². The molecule has 1 N–H and O–H groups in total. The van der Waals surface area contributed by atoms with Gasteiger partial charge in [0.25, 0.3) is 0 Å². The molecule has 0 saturated carbocycles. The first-order valence-electron chi connectivity index (χ1n) is 6.50. The zero-order chi connectivity index (χ0) is 14.1. The minimum atomic E-state index is -0.275. The molecule has 18 heavy (non-hydrogen) atoms. The van der Waals surface area contributed by atoms with Crippen LogP contribution in [0.1, 0.15) is 46.1 Å². The van der Waals surface area contributed by atoms with Gasteiger partial charge < -0.3 is 5.32 Å². The van der Waals surface area contributed by atoms with Crippen LogP contribution in [0.5, 0.6) is 0 Å². The van der Waals surface area contributed by atoms with E-state index in [-0.39, 0.29) is 17.5 Å². The SMILES string of the molecule is CC.CC(=O)C(CNC(C)C)c1ccc(F)cc1. The first-order valence-corrected chi connectivity index (χ1v) is 6.50. The summed E-state index contributed by atoms with van der Waals surface area (Å²) in [6.45, 7) is 10.2. The number of carbonyl (C=O) groups excluding carboxylic acids is 1. The van der Waals surface area contributed by atoms with Gasteiger partial charge in [-0.3, -0.25) is 4.79 Å². The Morgan fingerprint density at radius 1 is 1.22 bits per heavy atom. The number of benzene rings is 1. The molecule has 0 saturated heterocycles. The molecule has 0 heterocycles. The minimum Gasteiger partial charge on any atom is -0.313 e. The largest absolute Gasteiger partial charge is 0.313 e. The summed E-state index contributed by atoms with van der Waals surface area (Å²) >= 11 is 0. The standard InChI is InChI=1S/C13H18FNO.C2H6/c1-9(2)15-8-13(10(3)16)11-4-6-12(14)7-5-11;1-2/h4-7,9,13,15H,8H2,1-3H3;1-2H3. The van der Waals surface area contributed by atoms with Gasteiger partial charge in [0.05, 0.1) is 5.92 Å². The topological polar surface area (TPSA) is 29.1 Å². The summed E-state index contributed by atoms with van der Waals surface area (Å²) in [7, 11) is 0. The highest BCUT2D eigenvalue weighted by atomic mass is 19.1. The monoisotopic (exact) mass is 253 g/mol. The van der Waals surface area contributed by atoms with Crippen molar-refractivity contribution >= 4 is 5.78 Å². The molecule has 1 aromatic rings. The van der Waals surface area contributed by atoms with Crippen LogP contribution in [0, 0.1) is 5.82 Å². The fraction of sp³-hybridized carbons (Fsp3) is 0.533. The third kappa shape index (κ3) is 5.92. The van der Waals surface area contributed by atoms with E-state index in [1.807, 2.05) is 27.7 Å². The predicted octanol–water partition coefficient (Wildman–Crippen LogP) is 3.52. The molecule has 0 fully saturated rings. The average molecular weight is 253 g/mol. The predicted molar refractivity (Wildman–Crippen MR) is 74.3 cm³/mol. The van der Waals surface area contributed by atoms with Crippen LogP contribution in [0.25, 0.3) is 0 Å². The third-order valence-corrected chi connectivity index (χ3v) is 2.49. The van der Waals surface area contributed by atoms with E-state index in [9.17, 15) is 9.18 Å². The van der Waals surface area contributed by atoms with Gasteiger partial charge in [0, 0.05) is 12.6 Å². The van der Waals surface area contributed by atoms with Crippen LogP contribution < -0.4 is 5.32 Å². The fourth-order valence-corrected chi connectivity index (χ4v) is 1.54. The molecule has 1 aromatic carbocycles. The number of hydrogen-bond acceptors (Lipinski definition) is 2. The lowest BCUT2D eigenvalue weighted by molar-refractivity contribution is -0.118. The van der Waals surface area contributed by atoms with Gasteiger partial charge in [0.2, 0.25) is 0 Å². The van der Waals surface area contributed by atoms with Crippen molar-refractivity contribution in [3.63, 3.8) is 0 Å². The molecule has 102 valence electrons. The van der Waals surface area contributed by atoms with Gasteiger partial charge in [0.1, 0.15) is 11.6 Å². The molecule has 0 aliphatic rings. The van der Waals surface area contributed by atoms with Crippen molar-refractivity contribution in [3.05, 3.63) is 35.6 Å². The maximum Gasteiger partial charge on any atom is 0.138 e. The Hall–Kier alpha value is -1.22. The molecule has 1 rings (SSSR count). The van der Waals surface area contributed by atoms with Crippen LogP contribution in [-0.2, 0) is 4.79 Å². The Kier molecular flexibility index (Phi) is 8.21. The van der Waals surface area contributed by atoms with Crippen LogP contribution in [0.15, 0.2) is 24.3 Å². The second kappa shape index (κ2) is 8.81. The molecular weight excluding hydrogens is 229 g/mol. The van der Waals surface area contributed by atoms with Crippen molar-refractivity contribution in [2.24, 2.45) is 0 Å². The number of nitrogens with one attached hydrogen (secondary N) is 1. The van der Waals surface area contributed by atoms with Crippen molar-refractivity contribution in [1.29, 1.82) is 0 Å². The zero-order valence-corrected chi connectivity index (χ0v) is 12.0. The number of hydrogen-bond donors (Lipinski definition) is 1. The number of rotatable bonds is 5. The molecule has 0 aromatic heterocycles. The normalized spacial score (nSPS) is 11.7. The second-order valence-corrected chi connectivity index (χ2v) is 4.28. The van der Waals surface area contributed by atoms with E-state index in [2.05, 4.69) is 5.32 Å². The van der Waals surface area contributed by atoms with Crippen molar-refractivity contribution < 1.29 is 9.18 Å². The third-order valence-electron chi connectivity index (χ3n) is 2.49. The second-order valence-electron chi connectivity index (χ2n) is 4.28. The van der Waals surface area contributed by atoms with Crippen molar-refractivity contribution in [2.75, 3.05) is 6.54 Å². The van der Waals surface area contributed by atoms with Gasteiger partial charge in [0.15, 0.2) is 0 Å². The van der Waals surface area contributed by atoms with E-state index in [1.54, 1.807) is 19.1 Å².